The van der Waals surface area contributed by atoms with Crippen LogP contribution in [0.4, 0.5) is 4.39 Å². The number of carbonyl (C=O) groups is 1. The van der Waals surface area contributed by atoms with Crippen molar-refractivity contribution in [3.8, 4) is 5.75 Å². The summed E-state index contributed by atoms with van der Waals surface area (Å²) in [6.45, 7) is 3.05. The van der Waals surface area contributed by atoms with E-state index in [2.05, 4.69) is 0 Å². The van der Waals surface area contributed by atoms with E-state index in [9.17, 15) is 9.18 Å². The van der Waals surface area contributed by atoms with Crippen LogP contribution in [0.1, 0.15) is 25.8 Å². The molecule has 1 heterocycles. The molecule has 19 heavy (non-hydrogen) atoms. The predicted molar refractivity (Wildman–Crippen MR) is 70.1 cm³/mol. The van der Waals surface area contributed by atoms with Gasteiger partial charge in [-0.15, -0.1) is 0 Å². The molecule has 0 fully saturated rings. The second kappa shape index (κ2) is 5.26. The molecule has 0 radical (unpaired) electrons. The van der Waals surface area contributed by atoms with E-state index < -0.39 is 6.01 Å². The molecule has 1 aromatic carbocycles. The first kappa shape index (κ1) is 13.3. The first-order chi connectivity index (χ1) is 9.02. The molecular weight excluding hydrogens is 247 g/mol. The van der Waals surface area contributed by atoms with Gasteiger partial charge in [0.2, 0.25) is 0 Å². The molecule has 3 nitrogen and oxygen atoms in total. The molecule has 0 unspecified atom stereocenters. The fourth-order valence-electron chi connectivity index (χ4n) is 2.01. The van der Waals surface area contributed by atoms with Gasteiger partial charge in [-0.3, -0.25) is 4.79 Å². The molecule has 0 aromatic heterocycles. The lowest BCUT2D eigenvalue weighted by molar-refractivity contribution is -0.113. The lowest BCUT2D eigenvalue weighted by Gasteiger charge is -2.19. The van der Waals surface area contributed by atoms with Crippen LogP contribution < -0.4 is 4.74 Å². The highest BCUT2D eigenvalue weighted by atomic mass is 19.1. The third kappa shape index (κ3) is 2.67. The minimum absolute atomic E-state index is 0.101. The lowest BCUT2D eigenvalue weighted by Crippen LogP contribution is -2.09. The Morgan fingerprint density at radius 3 is 2.47 bits per heavy atom. The number of hydrogen-bond donors (Lipinski definition) is 0. The fraction of sp³-hybridized carbons (Fsp3) is 0.267. The van der Waals surface area contributed by atoms with Crippen LogP contribution in [0, 0.1) is 0 Å². The molecular formula is C15H15FO3. The second-order valence-corrected chi connectivity index (χ2v) is 4.35. The molecule has 0 atom stereocenters. The molecule has 0 saturated heterocycles. The van der Waals surface area contributed by atoms with Crippen molar-refractivity contribution in [2.75, 3.05) is 7.11 Å². The molecule has 2 rings (SSSR count). The zero-order valence-corrected chi connectivity index (χ0v) is 11.1. The second-order valence-electron chi connectivity index (χ2n) is 4.35. The normalized spacial score (nSPS) is 15.4. The summed E-state index contributed by atoms with van der Waals surface area (Å²) in [5.74, 6) is 0.929. The van der Waals surface area contributed by atoms with Crippen molar-refractivity contribution in [3.05, 3.63) is 47.2 Å². The highest BCUT2D eigenvalue weighted by Crippen LogP contribution is 2.35. The molecule has 1 aliphatic rings. The standard InChI is InChI=1S/C15H15FO3/c1-9(17)13-8-14(15(16)19-10(13)2)11-4-6-12(18-3)7-5-11/h4-7H,8H2,1-3H3. The van der Waals surface area contributed by atoms with Crippen molar-refractivity contribution in [2.24, 2.45) is 0 Å². The molecule has 1 aromatic rings. The number of carbonyl (C=O) groups excluding carboxylic acids is 1. The third-order valence-corrected chi connectivity index (χ3v) is 3.12. The van der Waals surface area contributed by atoms with Crippen LogP contribution in [-0.4, -0.2) is 12.9 Å². The Hall–Kier alpha value is -2.10. The molecule has 0 spiro atoms. The van der Waals surface area contributed by atoms with E-state index in [4.69, 9.17) is 9.47 Å². The molecule has 0 N–H and O–H groups in total. The maximum atomic E-state index is 13.9. The van der Waals surface area contributed by atoms with Gasteiger partial charge >= 0.3 is 0 Å². The van der Waals surface area contributed by atoms with Crippen molar-refractivity contribution < 1.29 is 18.7 Å². The van der Waals surface area contributed by atoms with Gasteiger partial charge in [-0.1, -0.05) is 12.1 Å². The number of benzene rings is 1. The van der Waals surface area contributed by atoms with Gasteiger partial charge in [0.05, 0.1) is 7.11 Å². The Balaban J connectivity index is 2.33. The topological polar surface area (TPSA) is 35.5 Å². The van der Waals surface area contributed by atoms with Gasteiger partial charge in [-0.2, -0.15) is 4.39 Å². The van der Waals surface area contributed by atoms with Gasteiger partial charge in [0, 0.05) is 17.6 Å². The van der Waals surface area contributed by atoms with E-state index >= 15 is 0 Å². The van der Waals surface area contributed by atoms with Crippen LogP contribution in [0.25, 0.3) is 5.57 Å². The zero-order valence-electron chi connectivity index (χ0n) is 11.1. The summed E-state index contributed by atoms with van der Waals surface area (Å²) in [5, 5.41) is 0. The monoisotopic (exact) mass is 262 g/mol. The molecule has 1 aliphatic heterocycles. The van der Waals surface area contributed by atoms with E-state index in [0.717, 1.165) is 0 Å². The SMILES string of the molecule is COc1ccc(C2=C(F)OC(C)=C(C(C)=O)C2)cc1. The minimum Gasteiger partial charge on any atom is -0.497 e. The first-order valence-corrected chi connectivity index (χ1v) is 5.94. The van der Waals surface area contributed by atoms with Crippen molar-refractivity contribution >= 4 is 11.4 Å². The van der Waals surface area contributed by atoms with Gasteiger partial charge in [-0.25, -0.2) is 0 Å². The van der Waals surface area contributed by atoms with Crippen LogP contribution in [0.3, 0.4) is 0 Å². The molecule has 100 valence electrons. The maximum absolute atomic E-state index is 13.9. The van der Waals surface area contributed by atoms with E-state index in [0.29, 0.717) is 28.2 Å². The van der Waals surface area contributed by atoms with Gasteiger partial charge in [-0.05, 0) is 31.5 Å². The highest BCUT2D eigenvalue weighted by Gasteiger charge is 2.23. The van der Waals surface area contributed by atoms with Gasteiger partial charge < -0.3 is 9.47 Å². The number of methoxy groups -OCH3 is 1. The number of hydrogen-bond acceptors (Lipinski definition) is 3. The smallest absolute Gasteiger partial charge is 0.282 e. The lowest BCUT2D eigenvalue weighted by atomic mass is 9.95. The number of allylic oxidation sites excluding steroid dienone is 3. The molecule has 0 aliphatic carbocycles. The van der Waals surface area contributed by atoms with Crippen LogP contribution in [0.5, 0.6) is 5.75 Å². The Morgan fingerprint density at radius 1 is 1.32 bits per heavy atom. The van der Waals surface area contributed by atoms with E-state index in [1.807, 2.05) is 0 Å². The van der Waals surface area contributed by atoms with Gasteiger partial charge in [0.25, 0.3) is 6.01 Å². The first-order valence-electron chi connectivity index (χ1n) is 5.94. The van der Waals surface area contributed by atoms with E-state index in [1.54, 1.807) is 38.3 Å². The number of Topliss-reactive ketones (excluding diaryl/α,β-unsaturated/α-hetero) is 1. The largest absolute Gasteiger partial charge is 0.497 e. The molecule has 0 saturated carbocycles. The fourth-order valence-corrected chi connectivity index (χ4v) is 2.01. The van der Waals surface area contributed by atoms with Crippen molar-refractivity contribution in [2.45, 2.75) is 20.3 Å². The molecule has 0 bridgehead atoms. The van der Waals surface area contributed by atoms with Gasteiger partial charge in [0.15, 0.2) is 5.78 Å². The number of halogens is 1. The summed E-state index contributed by atoms with van der Waals surface area (Å²) >= 11 is 0. The zero-order chi connectivity index (χ0) is 14.0. The Kier molecular flexibility index (Phi) is 3.69. The molecule has 4 heteroatoms. The highest BCUT2D eigenvalue weighted by molar-refractivity contribution is 5.96. The number of rotatable bonds is 3. The van der Waals surface area contributed by atoms with E-state index in [1.165, 1.54) is 6.92 Å². The quantitative estimate of drug-likeness (QED) is 0.834. The van der Waals surface area contributed by atoms with Crippen LogP contribution in [0.2, 0.25) is 0 Å². The van der Waals surface area contributed by atoms with Gasteiger partial charge in [0.1, 0.15) is 11.5 Å². The average molecular weight is 262 g/mol. The van der Waals surface area contributed by atoms with Crippen molar-refractivity contribution in [3.63, 3.8) is 0 Å². The predicted octanol–water partition coefficient (Wildman–Crippen LogP) is 3.62. The van der Waals surface area contributed by atoms with Crippen molar-refractivity contribution in [1.82, 2.24) is 0 Å². The Labute approximate surface area is 111 Å². The summed E-state index contributed by atoms with van der Waals surface area (Å²) < 4.78 is 24.0. The number of ether oxygens (including phenoxy) is 2. The van der Waals surface area contributed by atoms with Crippen LogP contribution in [0.15, 0.2) is 41.6 Å². The minimum atomic E-state index is -0.646. The summed E-state index contributed by atoms with van der Waals surface area (Å²) in [4.78, 5) is 11.5. The third-order valence-electron chi connectivity index (χ3n) is 3.12. The summed E-state index contributed by atoms with van der Waals surface area (Å²) in [6, 6.07) is 6.33. The van der Waals surface area contributed by atoms with Crippen LogP contribution in [-0.2, 0) is 9.53 Å². The van der Waals surface area contributed by atoms with Crippen LogP contribution >= 0.6 is 0 Å². The van der Waals surface area contributed by atoms with E-state index in [-0.39, 0.29) is 12.2 Å². The number of ketones is 1. The summed E-state index contributed by atoms with van der Waals surface area (Å²) in [5.41, 5.74) is 1.58. The maximum Gasteiger partial charge on any atom is 0.282 e. The van der Waals surface area contributed by atoms with Crippen molar-refractivity contribution in [1.29, 1.82) is 0 Å². The summed E-state index contributed by atoms with van der Waals surface area (Å²) in [7, 11) is 1.57. The Bertz CT molecular complexity index is 568. The average Bonchev–Trinajstić information content (AvgIpc) is 2.38. The summed E-state index contributed by atoms with van der Waals surface area (Å²) in [6.07, 6.45) is 0.249. The Morgan fingerprint density at radius 2 is 1.95 bits per heavy atom. The molecule has 0 amide bonds.